The summed E-state index contributed by atoms with van der Waals surface area (Å²) in [5, 5.41) is 4.86. The van der Waals surface area contributed by atoms with Crippen LogP contribution in [0.5, 0.6) is 0 Å². The first kappa shape index (κ1) is 13.6. The Morgan fingerprint density at radius 2 is 1.46 bits per heavy atom. The molecule has 0 atom stereocenters. The molecular formula is C22H14N4. The van der Waals surface area contributed by atoms with Gasteiger partial charge in [0.15, 0.2) is 0 Å². The number of pyridine rings is 2. The first-order valence-electron chi connectivity index (χ1n) is 8.59. The molecular weight excluding hydrogens is 320 g/mol. The summed E-state index contributed by atoms with van der Waals surface area (Å²) < 4.78 is 2.29. The average Bonchev–Trinajstić information content (AvgIpc) is 3.23. The normalized spacial score (nSPS) is 11.8. The number of hydrogen-bond donors (Lipinski definition) is 1. The lowest BCUT2D eigenvalue weighted by molar-refractivity contribution is 1.17. The monoisotopic (exact) mass is 334 g/mol. The van der Waals surface area contributed by atoms with Gasteiger partial charge in [0.2, 0.25) is 0 Å². The highest BCUT2D eigenvalue weighted by atomic mass is 15.0. The quantitative estimate of drug-likeness (QED) is 0.449. The van der Waals surface area contributed by atoms with Crippen LogP contribution in [0, 0.1) is 0 Å². The lowest BCUT2D eigenvalue weighted by Crippen LogP contribution is -1.93. The molecule has 4 aromatic heterocycles. The molecule has 0 radical (unpaired) electrons. The van der Waals surface area contributed by atoms with Gasteiger partial charge in [-0.3, -0.25) is 9.97 Å². The first-order chi connectivity index (χ1) is 12.9. The Kier molecular flexibility index (Phi) is 2.58. The SMILES string of the molecule is c1ccc2c(c1)c1ccncc1n2-c1ccc2[nH]c3cnccc3c2c1. The van der Waals surface area contributed by atoms with Gasteiger partial charge in [0.25, 0.3) is 0 Å². The van der Waals surface area contributed by atoms with Crippen molar-refractivity contribution in [2.75, 3.05) is 0 Å². The first-order valence-corrected chi connectivity index (χ1v) is 8.59. The zero-order valence-electron chi connectivity index (χ0n) is 13.8. The number of benzene rings is 2. The second kappa shape index (κ2) is 4.92. The van der Waals surface area contributed by atoms with Gasteiger partial charge in [0.1, 0.15) is 0 Å². The molecule has 0 bridgehead atoms. The minimum absolute atomic E-state index is 1.06. The van der Waals surface area contributed by atoms with Crippen molar-refractivity contribution in [1.82, 2.24) is 19.5 Å². The molecule has 4 nitrogen and oxygen atoms in total. The Labute approximate surface area is 148 Å². The summed E-state index contributed by atoms with van der Waals surface area (Å²) in [5.74, 6) is 0. The summed E-state index contributed by atoms with van der Waals surface area (Å²) in [6.45, 7) is 0. The molecule has 0 amide bonds. The van der Waals surface area contributed by atoms with Crippen LogP contribution in [0.2, 0.25) is 0 Å². The third kappa shape index (κ3) is 1.73. The molecule has 122 valence electrons. The molecule has 4 heteroatoms. The molecule has 1 N–H and O–H groups in total. The predicted octanol–water partition coefficient (Wildman–Crippen LogP) is 5.21. The highest BCUT2D eigenvalue weighted by Gasteiger charge is 2.13. The summed E-state index contributed by atoms with van der Waals surface area (Å²) in [5.41, 5.74) is 5.62. The van der Waals surface area contributed by atoms with E-state index >= 15 is 0 Å². The van der Waals surface area contributed by atoms with Crippen molar-refractivity contribution in [2.45, 2.75) is 0 Å². The lowest BCUT2D eigenvalue weighted by Gasteiger charge is -2.08. The molecule has 0 aliphatic heterocycles. The van der Waals surface area contributed by atoms with E-state index < -0.39 is 0 Å². The number of aromatic amines is 1. The largest absolute Gasteiger partial charge is 0.353 e. The van der Waals surface area contributed by atoms with Crippen LogP contribution in [0.25, 0.3) is 49.3 Å². The Balaban J connectivity index is 1.76. The molecule has 0 saturated carbocycles. The summed E-state index contributed by atoms with van der Waals surface area (Å²) in [6, 6.07) is 19.2. The number of fused-ring (bicyclic) bond motifs is 6. The zero-order valence-corrected chi connectivity index (χ0v) is 13.8. The molecule has 0 spiro atoms. The Hall–Kier alpha value is -3.66. The molecule has 0 fully saturated rings. The molecule has 0 aliphatic rings. The van der Waals surface area contributed by atoms with Gasteiger partial charge in [-0.05, 0) is 36.4 Å². The van der Waals surface area contributed by atoms with Crippen molar-refractivity contribution in [3.8, 4) is 5.69 Å². The summed E-state index contributed by atoms with van der Waals surface area (Å²) in [7, 11) is 0. The van der Waals surface area contributed by atoms with Crippen LogP contribution in [0.4, 0.5) is 0 Å². The van der Waals surface area contributed by atoms with E-state index in [1.807, 2.05) is 24.8 Å². The molecule has 4 heterocycles. The van der Waals surface area contributed by atoms with Crippen molar-refractivity contribution >= 4 is 43.6 Å². The third-order valence-electron chi connectivity index (χ3n) is 5.12. The smallest absolute Gasteiger partial charge is 0.0724 e. The van der Waals surface area contributed by atoms with E-state index in [1.54, 1.807) is 0 Å². The molecule has 2 aromatic carbocycles. The minimum atomic E-state index is 1.06. The van der Waals surface area contributed by atoms with Crippen molar-refractivity contribution in [2.24, 2.45) is 0 Å². The zero-order chi connectivity index (χ0) is 17.1. The topological polar surface area (TPSA) is 46.5 Å². The molecule has 6 aromatic rings. The number of nitrogens with one attached hydrogen (secondary N) is 1. The van der Waals surface area contributed by atoms with Crippen LogP contribution in [-0.4, -0.2) is 19.5 Å². The van der Waals surface area contributed by atoms with Crippen LogP contribution in [0.1, 0.15) is 0 Å². The lowest BCUT2D eigenvalue weighted by atomic mass is 10.1. The number of hydrogen-bond acceptors (Lipinski definition) is 2. The van der Waals surface area contributed by atoms with Gasteiger partial charge in [0.05, 0.1) is 28.9 Å². The Morgan fingerprint density at radius 1 is 0.654 bits per heavy atom. The predicted molar refractivity (Wildman–Crippen MR) is 106 cm³/mol. The maximum atomic E-state index is 4.36. The van der Waals surface area contributed by atoms with E-state index in [2.05, 4.69) is 74.1 Å². The number of para-hydroxylation sites is 1. The van der Waals surface area contributed by atoms with Gasteiger partial charge in [-0.15, -0.1) is 0 Å². The molecule has 6 rings (SSSR count). The number of nitrogens with zero attached hydrogens (tertiary/aromatic N) is 3. The van der Waals surface area contributed by atoms with Gasteiger partial charge >= 0.3 is 0 Å². The molecule has 0 aliphatic carbocycles. The van der Waals surface area contributed by atoms with Crippen LogP contribution in [0.15, 0.2) is 79.4 Å². The minimum Gasteiger partial charge on any atom is -0.353 e. The van der Waals surface area contributed by atoms with E-state index in [9.17, 15) is 0 Å². The van der Waals surface area contributed by atoms with Crippen LogP contribution in [-0.2, 0) is 0 Å². The van der Waals surface area contributed by atoms with Gasteiger partial charge in [-0.1, -0.05) is 18.2 Å². The fourth-order valence-corrected chi connectivity index (χ4v) is 3.97. The number of aromatic nitrogens is 4. The summed E-state index contributed by atoms with van der Waals surface area (Å²) in [6.07, 6.45) is 7.51. The number of H-pyrrole nitrogens is 1. The van der Waals surface area contributed by atoms with E-state index in [-0.39, 0.29) is 0 Å². The second-order valence-corrected chi connectivity index (χ2v) is 6.52. The van der Waals surface area contributed by atoms with E-state index in [4.69, 9.17) is 0 Å². The molecule has 0 unspecified atom stereocenters. The summed E-state index contributed by atoms with van der Waals surface area (Å²) in [4.78, 5) is 12.0. The third-order valence-corrected chi connectivity index (χ3v) is 5.12. The molecule has 0 saturated heterocycles. The van der Waals surface area contributed by atoms with Crippen molar-refractivity contribution in [3.05, 3.63) is 79.4 Å². The maximum Gasteiger partial charge on any atom is 0.0724 e. The number of rotatable bonds is 1. The Bertz CT molecular complexity index is 1390. The highest BCUT2D eigenvalue weighted by molar-refractivity contribution is 6.10. The van der Waals surface area contributed by atoms with Gasteiger partial charge in [-0.25, -0.2) is 0 Å². The Morgan fingerprint density at radius 3 is 2.42 bits per heavy atom. The van der Waals surface area contributed by atoms with Crippen LogP contribution in [0.3, 0.4) is 0 Å². The molecule has 26 heavy (non-hydrogen) atoms. The second-order valence-electron chi connectivity index (χ2n) is 6.52. The summed E-state index contributed by atoms with van der Waals surface area (Å²) >= 11 is 0. The van der Waals surface area contributed by atoms with Crippen molar-refractivity contribution in [1.29, 1.82) is 0 Å². The van der Waals surface area contributed by atoms with Gasteiger partial charge in [0, 0.05) is 45.1 Å². The van der Waals surface area contributed by atoms with Gasteiger partial charge in [-0.2, -0.15) is 0 Å². The van der Waals surface area contributed by atoms with E-state index in [1.165, 1.54) is 27.1 Å². The van der Waals surface area contributed by atoms with E-state index in [0.717, 1.165) is 22.2 Å². The van der Waals surface area contributed by atoms with E-state index in [0.29, 0.717) is 0 Å². The van der Waals surface area contributed by atoms with Gasteiger partial charge < -0.3 is 9.55 Å². The van der Waals surface area contributed by atoms with Crippen molar-refractivity contribution in [3.63, 3.8) is 0 Å². The van der Waals surface area contributed by atoms with Crippen molar-refractivity contribution < 1.29 is 0 Å². The van der Waals surface area contributed by atoms with Crippen LogP contribution < -0.4 is 0 Å². The highest BCUT2D eigenvalue weighted by Crippen LogP contribution is 2.33. The standard InChI is InChI=1S/C22H14N4/c1-2-4-21-16(3-1)17-8-10-24-13-22(17)26(21)14-5-6-19-18(11-14)15-7-9-23-12-20(15)25-19/h1-13,25H. The van der Waals surface area contributed by atoms with Crippen LogP contribution >= 0.6 is 0 Å². The average molecular weight is 334 g/mol. The fourth-order valence-electron chi connectivity index (χ4n) is 3.97. The fraction of sp³-hybridized carbons (Fsp3) is 0. The maximum absolute atomic E-state index is 4.36.